The summed E-state index contributed by atoms with van der Waals surface area (Å²) < 4.78 is 2.06. The Morgan fingerprint density at radius 2 is 2.08 bits per heavy atom. The third-order valence-electron chi connectivity index (χ3n) is 4.49. The quantitative estimate of drug-likeness (QED) is 0.385. The standard InChI is InChI=1S/C18H27N5S.HI/c1-19-18(20-12-15-7-10-22(2)14-15)21-13-16(17-6-5-11-24-17)23-8-3-4-9-23;/h5-7,10-11,14,16H,3-4,8-9,12-13H2,1-2H3,(H2,19,20,21);1H. The second kappa shape index (κ2) is 10.2. The summed E-state index contributed by atoms with van der Waals surface area (Å²) in [7, 11) is 3.87. The van der Waals surface area contributed by atoms with Crippen molar-refractivity contribution in [3.8, 4) is 0 Å². The molecule has 0 radical (unpaired) electrons. The maximum atomic E-state index is 4.36. The van der Waals surface area contributed by atoms with Crippen LogP contribution in [0.4, 0.5) is 0 Å². The summed E-state index contributed by atoms with van der Waals surface area (Å²) in [6.45, 7) is 4.06. The molecule has 2 aromatic heterocycles. The highest BCUT2D eigenvalue weighted by atomic mass is 127. The molecule has 0 spiro atoms. The number of thiophene rings is 1. The fraction of sp³-hybridized carbons (Fsp3) is 0.500. The van der Waals surface area contributed by atoms with Crippen molar-refractivity contribution in [3.63, 3.8) is 0 Å². The minimum Gasteiger partial charge on any atom is -0.357 e. The van der Waals surface area contributed by atoms with Gasteiger partial charge in [-0.25, -0.2) is 0 Å². The van der Waals surface area contributed by atoms with Crippen molar-refractivity contribution in [2.75, 3.05) is 26.7 Å². The maximum absolute atomic E-state index is 4.36. The summed E-state index contributed by atoms with van der Waals surface area (Å²) in [6.07, 6.45) is 6.80. The summed E-state index contributed by atoms with van der Waals surface area (Å²) in [5, 5.41) is 9.08. The number of guanidine groups is 1. The molecule has 0 aromatic carbocycles. The topological polar surface area (TPSA) is 44.6 Å². The van der Waals surface area contributed by atoms with Gasteiger partial charge in [0.15, 0.2) is 5.96 Å². The maximum Gasteiger partial charge on any atom is 0.191 e. The number of aromatic nitrogens is 1. The predicted molar refractivity (Wildman–Crippen MR) is 117 cm³/mol. The van der Waals surface area contributed by atoms with E-state index in [9.17, 15) is 0 Å². The zero-order valence-electron chi connectivity index (χ0n) is 14.9. The van der Waals surface area contributed by atoms with Gasteiger partial charge in [0.05, 0.1) is 6.04 Å². The molecular weight excluding hydrogens is 445 g/mol. The van der Waals surface area contributed by atoms with E-state index in [-0.39, 0.29) is 24.0 Å². The van der Waals surface area contributed by atoms with E-state index in [1.165, 1.54) is 36.4 Å². The predicted octanol–water partition coefficient (Wildman–Crippen LogP) is 3.21. The van der Waals surface area contributed by atoms with Gasteiger partial charge in [-0.15, -0.1) is 35.3 Å². The fourth-order valence-corrected chi connectivity index (χ4v) is 4.07. The third kappa shape index (κ3) is 5.72. The smallest absolute Gasteiger partial charge is 0.191 e. The highest BCUT2D eigenvalue weighted by Gasteiger charge is 2.24. The van der Waals surface area contributed by atoms with Crippen LogP contribution >= 0.6 is 35.3 Å². The van der Waals surface area contributed by atoms with Crippen LogP contribution in [0.15, 0.2) is 41.0 Å². The highest BCUT2D eigenvalue weighted by molar-refractivity contribution is 14.0. The Bertz CT molecular complexity index is 646. The van der Waals surface area contributed by atoms with Crippen molar-refractivity contribution in [2.24, 2.45) is 12.0 Å². The molecule has 7 heteroatoms. The second-order valence-electron chi connectivity index (χ2n) is 6.27. The molecule has 3 heterocycles. The van der Waals surface area contributed by atoms with Crippen molar-refractivity contribution >= 4 is 41.3 Å². The SMILES string of the molecule is CN=C(NCc1ccn(C)c1)NCC(c1cccs1)N1CCCC1.I. The number of rotatable bonds is 6. The molecule has 0 saturated carbocycles. The minimum absolute atomic E-state index is 0. The molecule has 1 fully saturated rings. The number of nitrogens with zero attached hydrogens (tertiary/aromatic N) is 3. The van der Waals surface area contributed by atoms with Gasteiger partial charge >= 0.3 is 0 Å². The van der Waals surface area contributed by atoms with Crippen LogP contribution in [0, 0.1) is 0 Å². The Hall–Kier alpha value is -1.06. The molecule has 1 aliphatic rings. The van der Waals surface area contributed by atoms with Gasteiger partial charge in [0.2, 0.25) is 0 Å². The zero-order valence-corrected chi connectivity index (χ0v) is 18.1. The van der Waals surface area contributed by atoms with Gasteiger partial charge in [0.25, 0.3) is 0 Å². The van der Waals surface area contributed by atoms with Gasteiger partial charge in [-0.1, -0.05) is 6.07 Å². The van der Waals surface area contributed by atoms with Crippen molar-refractivity contribution in [3.05, 3.63) is 46.4 Å². The van der Waals surface area contributed by atoms with Gasteiger partial charge in [-0.3, -0.25) is 9.89 Å². The van der Waals surface area contributed by atoms with Crippen molar-refractivity contribution < 1.29 is 0 Å². The van der Waals surface area contributed by atoms with Gasteiger partial charge in [0, 0.05) is 44.5 Å². The monoisotopic (exact) mass is 473 g/mol. The number of aryl methyl sites for hydroxylation is 1. The minimum atomic E-state index is 0. The molecule has 1 unspecified atom stereocenters. The molecule has 138 valence electrons. The lowest BCUT2D eigenvalue weighted by molar-refractivity contribution is 0.249. The molecule has 2 aromatic rings. The Labute approximate surface area is 171 Å². The van der Waals surface area contributed by atoms with Crippen LogP contribution < -0.4 is 10.6 Å². The lowest BCUT2D eigenvalue weighted by Crippen LogP contribution is -2.42. The lowest BCUT2D eigenvalue weighted by atomic mass is 10.2. The average Bonchev–Trinajstić information content (AvgIpc) is 3.33. The molecule has 2 N–H and O–H groups in total. The van der Waals surface area contributed by atoms with Crippen molar-refractivity contribution in [1.29, 1.82) is 0 Å². The first-order valence-corrected chi connectivity index (χ1v) is 9.47. The Kier molecular flexibility index (Phi) is 8.25. The molecule has 1 aliphatic heterocycles. The van der Waals surface area contributed by atoms with Crippen LogP contribution in [0.3, 0.4) is 0 Å². The molecule has 0 aliphatic carbocycles. The van der Waals surface area contributed by atoms with E-state index in [1.54, 1.807) is 0 Å². The summed E-state index contributed by atoms with van der Waals surface area (Å²) in [5.74, 6) is 0.861. The molecule has 1 saturated heterocycles. The summed E-state index contributed by atoms with van der Waals surface area (Å²) in [6, 6.07) is 6.95. The zero-order chi connectivity index (χ0) is 16.8. The lowest BCUT2D eigenvalue weighted by Gasteiger charge is -2.27. The Morgan fingerprint density at radius 1 is 1.28 bits per heavy atom. The number of aliphatic imine (C=N–C) groups is 1. The third-order valence-corrected chi connectivity index (χ3v) is 5.47. The molecule has 0 bridgehead atoms. The average molecular weight is 473 g/mol. The van der Waals surface area contributed by atoms with E-state index in [1.807, 2.05) is 25.4 Å². The number of nitrogens with one attached hydrogen (secondary N) is 2. The first kappa shape index (κ1) is 20.3. The summed E-state index contributed by atoms with van der Waals surface area (Å²) in [4.78, 5) is 8.38. The fourth-order valence-electron chi connectivity index (χ4n) is 3.21. The van der Waals surface area contributed by atoms with E-state index in [0.717, 1.165) is 19.0 Å². The first-order valence-electron chi connectivity index (χ1n) is 8.59. The van der Waals surface area contributed by atoms with Crippen LogP contribution in [-0.4, -0.2) is 42.1 Å². The van der Waals surface area contributed by atoms with Crippen LogP contribution in [0.2, 0.25) is 0 Å². The number of likely N-dealkylation sites (tertiary alicyclic amines) is 1. The molecule has 1 atom stereocenters. The Balaban J connectivity index is 0.00000225. The van der Waals surface area contributed by atoms with E-state index in [0.29, 0.717) is 6.04 Å². The van der Waals surface area contributed by atoms with E-state index in [4.69, 9.17) is 0 Å². The van der Waals surface area contributed by atoms with Crippen LogP contribution in [0.25, 0.3) is 0 Å². The van der Waals surface area contributed by atoms with Crippen LogP contribution in [0.5, 0.6) is 0 Å². The number of hydrogen-bond acceptors (Lipinski definition) is 3. The van der Waals surface area contributed by atoms with E-state index >= 15 is 0 Å². The second-order valence-corrected chi connectivity index (χ2v) is 7.25. The first-order chi connectivity index (χ1) is 11.8. The van der Waals surface area contributed by atoms with Gasteiger partial charge < -0.3 is 15.2 Å². The molecule has 3 rings (SSSR count). The summed E-state index contributed by atoms with van der Waals surface area (Å²) in [5.41, 5.74) is 1.26. The van der Waals surface area contributed by atoms with Crippen LogP contribution in [0.1, 0.15) is 29.3 Å². The molecule has 25 heavy (non-hydrogen) atoms. The largest absolute Gasteiger partial charge is 0.357 e. The summed E-state index contributed by atoms with van der Waals surface area (Å²) >= 11 is 1.85. The van der Waals surface area contributed by atoms with E-state index in [2.05, 4.69) is 61.1 Å². The van der Waals surface area contributed by atoms with Crippen molar-refractivity contribution in [1.82, 2.24) is 20.1 Å². The van der Waals surface area contributed by atoms with Crippen LogP contribution in [-0.2, 0) is 13.6 Å². The highest BCUT2D eigenvalue weighted by Crippen LogP contribution is 2.27. The van der Waals surface area contributed by atoms with E-state index < -0.39 is 0 Å². The Morgan fingerprint density at radius 3 is 2.68 bits per heavy atom. The van der Waals surface area contributed by atoms with Crippen molar-refractivity contribution in [2.45, 2.75) is 25.4 Å². The molecular formula is C18H28IN5S. The molecule has 0 amide bonds. The molecule has 5 nitrogen and oxygen atoms in total. The van der Waals surface area contributed by atoms with Gasteiger partial charge in [-0.2, -0.15) is 0 Å². The number of hydrogen-bond donors (Lipinski definition) is 2. The number of halogens is 1. The van der Waals surface area contributed by atoms with Gasteiger partial charge in [-0.05, 0) is 49.0 Å². The normalized spacial score (nSPS) is 16.5. The van der Waals surface area contributed by atoms with Gasteiger partial charge in [0.1, 0.15) is 0 Å².